The molecule has 6 aromatic carbocycles. The van der Waals surface area contributed by atoms with E-state index in [-0.39, 0.29) is 17.4 Å². The normalized spacial score (nSPS) is 16.2. The van der Waals surface area contributed by atoms with Crippen LogP contribution in [0, 0.1) is 5.41 Å². The maximum atomic E-state index is 2.57. The van der Waals surface area contributed by atoms with Crippen molar-refractivity contribution in [1.29, 1.82) is 0 Å². The van der Waals surface area contributed by atoms with Gasteiger partial charge in [-0.2, -0.15) is 0 Å². The number of hydrogen-bond donors (Lipinski definition) is 0. The molecule has 0 bridgehead atoms. The van der Waals surface area contributed by atoms with Gasteiger partial charge < -0.3 is 4.90 Å². The fraction of sp³-hybridized carbons (Fsp3) is 0.130. The van der Waals surface area contributed by atoms with Crippen LogP contribution in [-0.4, -0.2) is 6.04 Å². The molecular formula is C46H41N. The molecule has 2 atom stereocenters. The van der Waals surface area contributed by atoms with Gasteiger partial charge in [-0.3, -0.25) is 0 Å². The van der Waals surface area contributed by atoms with Gasteiger partial charge in [-0.15, -0.1) is 0 Å². The van der Waals surface area contributed by atoms with Crippen LogP contribution in [0.5, 0.6) is 0 Å². The molecule has 0 spiro atoms. The molecule has 0 saturated heterocycles. The van der Waals surface area contributed by atoms with Gasteiger partial charge >= 0.3 is 0 Å². The first-order valence-corrected chi connectivity index (χ1v) is 16.6. The van der Waals surface area contributed by atoms with Gasteiger partial charge in [-0.05, 0) is 74.2 Å². The van der Waals surface area contributed by atoms with E-state index in [1.807, 2.05) is 0 Å². The quantitative estimate of drug-likeness (QED) is 0.174. The van der Waals surface area contributed by atoms with Crippen molar-refractivity contribution in [2.45, 2.75) is 32.7 Å². The van der Waals surface area contributed by atoms with Gasteiger partial charge in [0.25, 0.3) is 0 Å². The first kappa shape index (κ1) is 30.3. The largest absolute Gasteiger partial charge is 0.333 e. The lowest BCUT2D eigenvalue weighted by Crippen LogP contribution is -2.39. The van der Waals surface area contributed by atoms with Crippen molar-refractivity contribution in [1.82, 2.24) is 0 Å². The summed E-state index contributed by atoms with van der Waals surface area (Å²) in [4.78, 5) is 2.57. The van der Waals surface area contributed by atoms with Crippen molar-refractivity contribution in [3.05, 3.63) is 199 Å². The van der Waals surface area contributed by atoms with E-state index in [0.29, 0.717) is 0 Å². The average Bonchev–Trinajstić information content (AvgIpc) is 3.13. The summed E-state index contributed by atoms with van der Waals surface area (Å²) in [5, 5.41) is 0. The fourth-order valence-corrected chi connectivity index (χ4v) is 6.74. The molecule has 6 aromatic rings. The predicted molar refractivity (Wildman–Crippen MR) is 201 cm³/mol. The summed E-state index contributed by atoms with van der Waals surface area (Å²) in [7, 11) is 0. The predicted octanol–water partition coefficient (Wildman–Crippen LogP) is 12.4. The van der Waals surface area contributed by atoms with E-state index in [0.717, 1.165) is 11.4 Å². The summed E-state index contributed by atoms with van der Waals surface area (Å²) in [5.74, 6) is 0.119. The minimum absolute atomic E-state index is 0.00246. The number of anilines is 2. The highest BCUT2D eigenvalue weighted by Gasteiger charge is 2.37. The van der Waals surface area contributed by atoms with Gasteiger partial charge in [-0.25, -0.2) is 0 Å². The molecular weight excluding hydrogens is 567 g/mol. The van der Waals surface area contributed by atoms with Gasteiger partial charge in [0.2, 0.25) is 0 Å². The van der Waals surface area contributed by atoms with Crippen LogP contribution in [0.3, 0.4) is 0 Å². The van der Waals surface area contributed by atoms with Crippen molar-refractivity contribution in [3.63, 3.8) is 0 Å². The van der Waals surface area contributed by atoms with Crippen LogP contribution in [0.1, 0.15) is 37.8 Å². The number of allylic oxidation sites excluding steroid dienone is 2. The first-order chi connectivity index (χ1) is 23.0. The molecule has 1 aliphatic carbocycles. The summed E-state index contributed by atoms with van der Waals surface area (Å²) in [6, 6.07) is 61.5. The molecule has 1 aliphatic rings. The summed E-state index contributed by atoms with van der Waals surface area (Å²) in [6.07, 6.45) is 4.99. The third-order valence-electron chi connectivity index (χ3n) is 9.27. The van der Waals surface area contributed by atoms with Crippen molar-refractivity contribution in [3.8, 4) is 22.3 Å². The number of nitrogens with zero attached hydrogens (tertiary/aromatic N) is 1. The zero-order valence-electron chi connectivity index (χ0n) is 27.4. The van der Waals surface area contributed by atoms with Crippen LogP contribution in [-0.2, 0) is 0 Å². The van der Waals surface area contributed by atoms with E-state index in [1.54, 1.807) is 0 Å². The third kappa shape index (κ3) is 6.48. The minimum atomic E-state index is -0.00246. The molecule has 1 heteroatoms. The molecule has 0 aromatic heterocycles. The standard InChI is InChI=1S/C46H41N/c1-46(2,3)40-32-43(38-20-12-6-13-21-38)45(44(33-40)39-22-14-7-15-23-39)47(41-28-24-36(25-29-41)34-16-8-4-9-17-34)42-30-26-37(27-31-42)35-18-10-5-11-19-35/h4-33,43,45H,1-3H3. The highest BCUT2D eigenvalue weighted by atomic mass is 15.2. The molecule has 0 heterocycles. The highest BCUT2D eigenvalue weighted by molar-refractivity contribution is 5.84. The Morgan fingerprint density at radius 1 is 0.426 bits per heavy atom. The Hall–Kier alpha value is -5.40. The molecule has 230 valence electrons. The van der Waals surface area contributed by atoms with Crippen LogP contribution in [0.25, 0.3) is 27.8 Å². The monoisotopic (exact) mass is 607 g/mol. The summed E-state index contributed by atoms with van der Waals surface area (Å²) in [6.45, 7) is 6.97. The maximum absolute atomic E-state index is 2.57. The van der Waals surface area contributed by atoms with E-state index in [9.17, 15) is 0 Å². The van der Waals surface area contributed by atoms with E-state index in [4.69, 9.17) is 0 Å². The topological polar surface area (TPSA) is 3.24 Å². The molecule has 7 rings (SSSR count). The SMILES string of the molecule is CC(C)(C)C1=CC(c2ccccc2)C(N(c2ccc(-c3ccccc3)cc2)c2ccc(-c3ccccc3)cc2)C(c2ccccc2)=C1. The lowest BCUT2D eigenvalue weighted by atomic mass is 9.72. The molecule has 2 unspecified atom stereocenters. The molecule has 47 heavy (non-hydrogen) atoms. The van der Waals surface area contributed by atoms with Crippen LogP contribution < -0.4 is 4.90 Å². The number of benzene rings is 6. The number of rotatable bonds is 7. The lowest BCUT2D eigenvalue weighted by Gasteiger charge is -2.43. The average molecular weight is 608 g/mol. The summed E-state index contributed by atoms with van der Waals surface area (Å²) >= 11 is 0. The van der Waals surface area contributed by atoms with Crippen molar-refractivity contribution in [2.24, 2.45) is 5.41 Å². The van der Waals surface area contributed by atoms with Crippen molar-refractivity contribution in [2.75, 3.05) is 4.90 Å². The molecule has 0 radical (unpaired) electrons. The Morgan fingerprint density at radius 2 is 0.809 bits per heavy atom. The van der Waals surface area contributed by atoms with Gasteiger partial charge in [-0.1, -0.05) is 179 Å². The third-order valence-corrected chi connectivity index (χ3v) is 9.27. The van der Waals surface area contributed by atoms with E-state index in [2.05, 4.69) is 208 Å². The second-order valence-electron chi connectivity index (χ2n) is 13.4. The van der Waals surface area contributed by atoms with Gasteiger partial charge in [0.1, 0.15) is 0 Å². The highest BCUT2D eigenvalue weighted by Crippen LogP contribution is 2.47. The van der Waals surface area contributed by atoms with E-state index >= 15 is 0 Å². The Morgan fingerprint density at radius 3 is 1.23 bits per heavy atom. The van der Waals surface area contributed by atoms with Gasteiger partial charge in [0.15, 0.2) is 0 Å². The van der Waals surface area contributed by atoms with Crippen molar-refractivity contribution < 1.29 is 0 Å². The Balaban J connectivity index is 1.44. The molecule has 0 saturated carbocycles. The second-order valence-corrected chi connectivity index (χ2v) is 13.4. The number of hydrogen-bond acceptors (Lipinski definition) is 1. The zero-order chi connectivity index (χ0) is 32.2. The van der Waals surface area contributed by atoms with Crippen LogP contribution in [0.2, 0.25) is 0 Å². The minimum Gasteiger partial charge on any atom is -0.333 e. The zero-order valence-corrected chi connectivity index (χ0v) is 27.4. The van der Waals surface area contributed by atoms with Crippen LogP contribution in [0.4, 0.5) is 11.4 Å². The van der Waals surface area contributed by atoms with Crippen molar-refractivity contribution >= 4 is 16.9 Å². The summed E-state index contributed by atoms with van der Waals surface area (Å²) < 4.78 is 0. The molecule has 0 fully saturated rings. The Labute approximate surface area is 280 Å². The molecule has 0 amide bonds. The molecule has 1 nitrogen and oxygen atoms in total. The van der Waals surface area contributed by atoms with Gasteiger partial charge in [0.05, 0.1) is 6.04 Å². The summed E-state index contributed by atoms with van der Waals surface area (Å²) in [5.41, 5.74) is 12.4. The molecule has 0 aliphatic heterocycles. The maximum Gasteiger partial charge on any atom is 0.0700 e. The molecule has 0 N–H and O–H groups in total. The second kappa shape index (κ2) is 13.1. The fourth-order valence-electron chi connectivity index (χ4n) is 6.74. The van der Waals surface area contributed by atoms with Gasteiger partial charge in [0, 0.05) is 17.3 Å². The lowest BCUT2D eigenvalue weighted by molar-refractivity contribution is 0.506. The van der Waals surface area contributed by atoms with Crippen LogP contribution in [0.15, 0.2) is 188 Å². The Kier molecular flexibility index (Phi) is 8.46. The van der Waals surface area contributed by atoms with Crippen LogP contribution >= 0.6 is 0 Å². The first-order valence-electron chi connectivity index (χ1n) is 16.6. The Bertz CT molecular complexity index is 1880. The van der Waals surface area contributed by atoms with E-state index in [1.165, 1.54) is 44.5 Å². The smallest absolute Gasteiger partial charge is 0.0700 e. The van der Waals surface area contributed by atoms with E-state index < -0.39 is 0 Å².